The van der Waals surface area contributed by atoms with Crippen molar-refractivity contribution in [3.05, 3.63) is 0 Å². The van der Waals surface area contributed by atoms with Crippen molar-refractivity contribution < 1.29 is 24.6 Å². The van der Waals surface area contributed by atoms with Crippen LogP contribution in [-0.2, 0) is 14.4 Å². The summed E-state index contributed by atoms with van der Waals surface area (Å²) in [6.45, 7) is 2.34. The Balaban J connectivity index is 5.13. The highest BCUT2D eigenvalue weighted by Gasteiger charge is 2.38. The Kier molecular flexibility index (Phi) is 6.32. The van der Waals surface area contributed by atoms with Crippen molar-refractivity contribution >= 4 is 17.8 Å². The van der Waals surface area contributed by atoms with Crippen LogP contribution in [0.3, 0.4) is 0 Å². The molecule has 0 aliphatic heterocycles. The number of carbonyl (C=O) groups is 3. The molecule has 0 aromatic carbocycles. The van der Waals surface area contributed by atoms with E-state index < -0.39 is 36.4 Å². The van der Waals surface area contributed by atoms with Crippen LogP contribution in [0.1, 0.15) is 26.7 Å². The van der Waals surface area contributed by atoms with E-state index in [1.54, 1.807) is 13.8 Å². The zero-order valence-corrected chi connectivity index (χ0v) is 10.7. The fourth-order valence-corrected chi connectivity index (χ4v) is 1.79. The predicted octanol–water partition coefficient (Wildman–Crippen LogP) is -0.251. The highest BCUT2D eigenvalue weighted by molar-refractivity contribution is 5.89. The van der Waals surface area contributed by atoms with Gasteiger partial charge in [0.05, 0.1) is 5.41 Å². The van der Waals surface area contributed by atoms with E-state index in [-0.39, 0.29) is 6.54 Å². The van der Waals surface area contributed by atoms with Crippen molar-refractivity contribution in [3.8, 4) is 0 Å². The Morgan fingerprint density at radius 1 is 1.06 bits per heavy atom. The fraction of sp³-hybridized carbons (Fsp3) is 0.727. The molecule has 0 aliphatic carbocycles. The number of carbonyl (C=O) groups excluding carboxylic acids is 1. The number of carboxylic acid groups (broad SMARTS) is 2. The molecule has 18 heavy (non-hydrogen) atoms. The average Bonchev–Trinajstić information content (AvgIpc) is 2.29. The monoisotopic (exact) mass is 260 g/mol. The molecule has 7 heteroatoms. The van der Waals surface area contributed by atoms with Gasteiger partial charge in [-0.2, -0.15) is 0 Å². The molecule has 0 unspecified atom stereocenters. The smallest absolute Gasteiger partial charge is 0.323 e. The number of nitrogens with zero attached hydrogens (tertiary/aromatic N) is 1. The van der Waals surface area contributed by atoms with E-state index in [1.807, 2.05) is 0 Å². The molecular weight excluding hydrogens is 240 g/mol. The standard InChI is InChI=1S/C11H20N2O5/c1-3-11(4-2,7-12)10(18)13(5-8(14)15)6-9(16)17/h3-7,12H2,1-2H3,(H,14,15)(H,16,17). The van der Waals surface area contributed by atoms with E-state index >= 15 is 0 Å². The summed E-state index contributed by atoms with van der Waals surface area (Å²) in [5, 5.41) is 17.4. The molecule has 0 aromatic heterocycles. The summed E-state index contributed by atoms with van der Waals surface area (Å²) < 4.78 is 0. The van der Waals surface area contributed by atoms with Gasteiger partial charge in [0.25, 0.3) is 0 Å². The van der Waals surface area contributed by atoms with Gasteiger partial charge in [-0.1, -0.05) is 13.8 Å². The maximum atomic E-state index is 12.2. The Morgan fingerprint density at radius 3 is 1.67 bits per heavy atom. The van der Waals surface area contributed by atoms with Crippen LogP contribution in [0.15, 0.2) is 0 Å². The SMILES string of the molecule is CCC(CC)(CN)C(=O)N(CC(=O)O)CC(=O)O. The Labute approximate surface area is 106 Å². The number of carboxylic acids is 2. The molecule has 0 aliphatic rings. The van der Waals surface area contributed by atoms with Crippen molar-refractivity contribution in [2.75, 3.05) is 19.6 Å². The molecule has 0 rings (SSSR count). The minimum Gasteiger partial charge on any atom is -0.480 e. The van der Waals surface area contributed by atoms with Crippen LogP contribution in [0.4, 0.5) is 0 Å². The molecule has 7 nitrogen and oxygen atoms in total. The van der Waals surface area contributed by atoms with E-state index in [1.165, 1.54) is 0 Å². The van der Waals surface area contributed by atoms with Crippen LogP contribution < -0.4 is 5.73 Å². The Bertz CT molecular complexity index is 301. The molecule has 0 fully saturated rings. The third-order valence-electron chi connectivity index (χ3n) is 3.14. The van der Waals surface area contributed by atoms with Gasteiger partial charge in [-0.15, -0.1) is 0 Å². The lowest BCUT2D eigenvalue weighted by atomic mass is 9.81. The van der Waals surface area contributed by atoms with Gasteiger partial charge < -0.3 is 20.8 Å². The molecule has 0 spiro atoms. The molecule has 0 aromatic rings. The largest absolute Gasteiger partial charge is 0.480 e. The molecule has 0 radical (unpaired) electrons. The number of rotatable bonds is 8. The lowest BCUT2D eigenvalue weighted by Gasteiger charge is -2.33. The van der Waals surface area contributed by atoms with Crippen molar-refractivity contribution in [2.45, 2.75) is 26.7 Å². The van der Waals surface area contributed by atoms with Crippen molar-refractivity contribution in [1.29, 1.82) is 0 Å². The second-order valence-electron chi connectivity index (χ2n) is 4.14. The number of aliphatic carboxylic acids is 2. The lowest BCUT2D eigenvalue weighted by molar-refractivity contribution is -0.154. The highest BCUT2D eigenvalue weighted by Crippen LogP contribution is 2.27. The summed E-state index contributed by atoms with van der Waals surface area (Å²) in [7, 11) is 0. The van der Waals surface area contributed by atoms with E-state index in [9.17, 15) is 14.4 Å². The van der Waals surface area contributed by atoms with Gasteiger partial charge in [-0.3, -0.25) is 14.4 Å². The normalized spacial score (nSPS) is 11.1. The quantitative estimate of drug-likeness (QED) is 0.553. The first kappa shape index (κ1) is 16.4. The second kappa shape index (κ2) is 6.95. The van der Waals surface area contributed by atoms with Gasteiger partial charge in [0, 0.05) is 6.54 Å². The van der Waals surface area contributed by atoms with Crippen LogP contribution in [0.5, 0.6) is 0 Å². The van der Waals surface area contributed by atoms with E-state index in [0.29, 0.717) is 12.8 Å². The van der Waals surface area contributed by atoms with Crippen molar-refractivity contribution in [3.63, 3.8) is 0 Å². The van der Waals surface area contributed by atoms with Gasteiger partial charge in [0.15, 0.2) is 0 Å². The van der Waals surface area contributed by atoms with Gasteiger partial charge in [-0.25, -0.2) is 0 Å². The average molecular weight is 260 g/mol. The fourth-order valence-electron chi connectivity index (χ4n) is 1.79. The maximum Gasteiger partial charge on any atom is 0.323 e. The number of amides is 1. The van der Waals surface area contributed by atoms with Crippen LogP contribution >= 0.6 is 0 Å². The maximum absolute atomic E-state index is 12.2. The van der Waals surface area contributed by atoms with Crippen molar-refractivity contribution in [1.82, 2.24) is 4.90 Å². The third-order valence-corrected chi connectivity index (χ3v) is 3.14. The lowest BCUT2D eigenvalue weighted by Crippen LogP contribution is -2.50. The number of hydrogen-bond acceptors (Lipinski definition) is 4. The molecule has 4 N–H and O–H groups in total. The molecule has 0 atom stereocenters. The third kappa shape index (κ3) is 3.99. The van der Waals surface area contributed by atoms with Crippen LogP contribution in [0, 0.1) is 5.41 Å². The number of hydrogen-bond donors (Lipinski definition) is 3. The molecule has 104 valence electrons. The van der Waals surface area contributed by atoms with E-state index in [4.69, 9.17) is 15.9 Å². The summed E-state index contributed by atoms with van der Waals surface area (Å²) in [5.41, 5.74) is 4.70. The molecule has 0 bridgehead atoms. The molecule has 1 amide bonds. The number of nitrogens with two attached hydrogens (primary N) is 1. The van der Waals surface area contributed by atoms with Crippen LogP contribution in [0.2, 0.25) is 0 Å². The first-order valence-corrected chi connectivity index (χ1v) is 5.76. The summed E-state index contributed by atoms with van der Waals surface area (Å²) in [5.74, 6) is -3.01. The zero-order valence-electron chi connectivity index (χ0n) is 10.7. The molecule has 0 heterocycles. The Hall–Kier alpha value is -1.63. The molecular formula is C11H20N2O5. The van der Waals surface area contributed by atoms with Crippen LogP contribution in [-0.4, -0.2) is 52.6 Å². The minimum absolute atomic E-state index is 0.0641. The van der Waals surface area contributed by atoms with Gasteiger partial charge in [-0.05, 0) is 12.8 Å². The topological polar surface area (TPSA) is 121 Å². The zero-order chi connectivity index (χ0) is 14.3. The molecule has 0 saturated carbocycles. The summed E-state index contributed by atoms with van der Waals surface area (Å²) in [4.78, 5) is 34.4. The van der Waals surface area contributed by atoms with Crippen LogP contribution in [0.25, 0.3) is 0 Å². The predicted molar refractivity (Wildman–Crippen MR) is 63.9 cm³/mol. The van der Waals surface area contributed by atoms with E-state index in [2.05, 4.69) is 0 Å². The summed E-state index contributed by atoms with van der Waals surface area (Å²) in [6, 6.07) is 0. The summed E-state index contributed by atoms with van der Waals surface area (Å²) in [6.07, 6.45) is 0.878. The first-order chi connectivity index (χ1) is 8.32. The van der Waals surface area contributed by atoms with E-state index in [0.717, 1.165) is 4.90 Å². The Morgan fingerprint density at radius 2 is 1.44 bits per heavy atom. The summed E-state index contributed by atoms with van der Waals surface area (Å²) >= 11 is 0. The van der Waals surface area contributed by atoms with Crippen molar-refractivity contribution in [2.24, 2.45) is 11.1 Å². The molecule has 0 saturated heterocycles. The highest BCUT2D eigenvalue weighted by atomic mass is 16.4. The second-order valence-corrected chi connectivity index (χ2v) is 4.14. The minimum atomic E-state index is -1.25. The van der Waals surface area contributed by atoms with Gasteiger partial charge in [0.2, 0.25) is 5.91 Å². The first-order valence-electron chi connectivity index (χ1n) is 5.76. The van der Waals surface area contributed by atoms with Gasteiger partial charge >= 0.3 is 11.9 Å². The van der Waals surface area contributed by atoms with Gasteiger partial charge in [0.1, 0.15) is 13.1 Å².